The van der Waals surface area contributed by atoms with E-state index in [4.69, 9.17) is 22.3 Å². The zero-order chi connectivity index (χ0) is 18.7. The van der Waals surface area contributed by atoms with Crippen molar-refractivity contribution in [1.82, 2.24) is 0 Å². The summed E-state index contributed by atoms with van der Waals surface area (Å²) >= 11 is 6.22. The molecule has 26 heavy (non-hydrogen) atoms. The number of carbonyl (C=O) groups excluding carboxylic acids is 2. The Kier molecular flexibility index (Phi) is 5.38. The minimum Gasteiger partial charge on any atom is -0.368 e. The quantitative estimate of drug-likeness (QED) is 0.878. The molecule has 2 N–H and O–H groups in total. The third-order valence-corrected chi connectivity index (χ3v) is 4.50. The number of halogens is 1. The number of rotatable bonds is 5. The van der Waals surface area contributed by atoms with Crippen molar-refractivity contribution in [3.8, 4) is 0 Å². The summed E-state index contributed by atoms with van der Waals surface area (Å²) in [6, 6.07) is 14.3. The van der Waals surface area contributed by atoms with Gasteiger partial charge in [0.2, 0.25) is 5.91 Å². The second kappa shape index (κ2) is 7.70. The highest BCUT2D eigenvalue weighted by atomic mass is 35.5. The van der Waals surface area contributed by atoms with Crippen LogP contribution in [-0.2, 0) is 9.59 Å². The highest BCUT2D eigenvalue weighted by molar-refractivity contribution is 6.32. The molecule has 0 spiro atoms. The molecule has 2 aromatic carbocycles. The predicted molar refractivity (Wildman–Crippen MR) is 104 cm³/mol. The van der Waals surface area contributed by atoms with E-state index < -0.39 is 11.9 Å². The SMILES string of the molecule is CCCC1N=C(c2ccccc2)c2cc(Cl)ccc2N(CC(N)=O)C1=O. The van der Waals surface area contributed by atoms with Crippen LogP contribution in [0, 0.1) is 0 Å². The van der Waals surface area contributed by atoms with Crippen LogP contribution in [0.1, 0.15) is 30.9 Å². The zero-order valence-electron chi connectivity index (χ0n) is 14.5. The third-order valence-electron chi connectivity index (χ3n) is 4.26. The lowest BCUT2D eigenvalue weighted by molar-refractivity contribution is -0.123. The molecule has 0 aliphatic carbocycles. The maximum absolute atomic E-state index is 13.1. The van der Waals surface area contributed by atoms with Crippen LogP contribution in [0.2, 0.25) is 5.02 Å². The largest absolute Gasteiger partial charge is 0.368 e. The molecular formula is C20H20ClN3O2. The topological polar surface area (TPSA) is 75.8 Å². The average molecular weight is 370 g/mol. The Labute approximate surface area is 157 Å². The molecule has 0 radical (unpaired) electrons. The van der Waals surface area contributed by atoms with Gasteiger partial charge < -0.3 is 10.6 Å². The normalized spacial score (nSPS) is 16.7. The molecule has 1 heterocycles. The maximum Gasteiger partial charge on any atom is 0.252 e. The molecule has 1 atom stereocenters. The Balaban J connectivity index is 2.24. The monoisotopic (exact) mass is 369 g/mol. The molecule has 2 amide bonds. The molecule has 1 aliphatic heterocycles. The van der Waals surface area contributed by atoms with Gasteiger partial charge in [-0.3, -0.25) is 14.6 Å². The number of primary amides is 1. The molecule has 5 nitrogen and oxygen atoms in total. The average Bonchev–Trinajstić information content (AvgIpc) is 2.73. The molecule has 2 aromatic rings. The van der Waals surface area contributed by atoms with E-state index in [0.29, 0.717) is 22.8 Å². The van der Waals surface area contributed by atoms with Gasteiger partial charge in [-0.05, 0) is 24.6 Å². The van der Waals surface area contributed by atoms with Crippen molar-refractivity contribution in [3.05, 3.63) is 64.7 Å². The minimum absolute atomic E-state index is 0.189. The predicted octanol–water partition coefficient (Wildman–Crippen LogP) is 3.18. The lowest BCUT2D eigenvalue weighted by atomic mass is 10.00. The number of carbonyl (C=O) groups is 2. The number of anilines is 1. The molecule has 3 rings (SSSR count). The van der Waals surface area contributed by atoms with Gasteiger partial charge in [-0.1, -0.05) is 55.3 Å². The summed E-state index contributed by atoms with van der Waals surface area (Å²) in [5.74, 6) is -0.794. The number of benzene rings is 2. The van der Waals surface area contributed by atoms with E-state index in [1.54, 1.807) is 18.2 Å². The summed E-state index contributed by atoms with van der Waals surface area (Å²) in [5, 5.41) is 0.535. The van der Waals surface area contributed by atoms with Gasteiger partial charge in [-0.2, -0.15) is 0 Å². The fourth-order valence-electron chi connectivity index (χ4n) is 3.12. The summed E-state index contributed by atoms with van der Waals surface area (Å²) < 4.78 is 0. The van der Waals surface area contributed by atoms with Crippen LogP contribution in [0.25, 0.3) is 0 Å². The number of fused-ring (bicyclic) bond motifs is 1. The fourth-order valence-corrected chi connectivity index (χ4v) is 3.29. The number of benzodiazepines with no additional fused rings is 1. The number of aliphatic imine (C=N–C) groups is 1. The van der Waals surface area contributed by atoms with E-state index in [-0.39, 0.29) is 12.5 Å². The number of hydrogen-bond acceptors (Lipinski definition) is 3. The molecule has 0 saturated carbocycles. The Morgan fingerprint density at radius 3 is 2.62 bits per heavy atom. The molecule has 0 bridgehead atoms. The van der Waals surface area contributed by atoms with Crippen molar-refractivity contribution in [2.24, 2.45) is 10.7 Å². The lowest BCUT2D eigenvalue weighted by Gasteiger charge is -2.24. The molecule has 1 unspecified atom stereocenters. The number of hydrogen-bond donors (Lipinski definition) is 1. The van der Waals surface area contributed by atoms with Crippen LogP contribution in [0.5, 0.6) is 0 Å². The smallest absolute Gasteiger partial charge is 0.252 e. The van der Waals surface area contributed by atoms with Crippen molar-refractivity contribution in [3.63, 3.8) is 0 Å². The van der Waals surface area contributed by atoms with E-state index in [9.17, 15) is 9.59 Å². The van der Waals surface area contributed by atoms with Crippen LogP contribution < -0.4 is 10.6 Å². The van der Waals surface area contributed by atoms with Crippen LogP contribution in [0.15, 0.2) is 53.5 Å². The summed E-state index contributed by atoms with van der Waals surface area (Å²) in [4.78, 5) is 30.9. The van der Waals surface area contributed by atoms with Gasteiger partial charge in [-0.25, -0.2) is 0 Å². The second-order valence-electron chi connectivity index (χ2n) is 6.20. The summed E-state index contributed by atoms with van der Waals surface area (Å²) in [7, 11) is 0. The first kappa shape index (κ1) is 18.1. The van der Waals surface area contributed by atoms with Crippen molar-refractivity contribution in [2.75, 3.05) is 11.4 Å². The number of nitrogens with zero attached hydrogens (tertiary/aromatic N) is 2. The first-order valence-electron chi connectivity index (χ1n) is 8.54. The van der Waals surface area contributed by atoms with Crippen molar-refractivity contribution >= 4 is 34.8 Å². The molecular weight excluding hydrogens is 350 g/mol. The van der Waals surface area contributed by atoms with Gasteiger partial charge in [0.25, 0.3) is 5.91 Å². The molecule has 0 aromatic heterocycles. The Morgan fingerprint density at radius 2 is 1.96 bits per heavy atom. The molecule has 0 fully saturated rings. The number of amides is 2. The summed E-state index contributed by atoms with van der Waals surface area (Å²) in [6.45, 7) is 1.81. The highest BCUT2D eigenvalue weighted by Crippen LogP contribution is 2.31. The van der Waals surface area contributed by atoms with Crippen LogP contribution in [0.4, 0.5) is 5.69 Å². The zero-order valence-corrected chi connectivity index (χ0v) is 15.2. The van der Waals surface area contributed by atoms with Crippen LogP contribution in [-0.4, -0.2) is 30.1 Å². The Bertz CT molecular complexity index is 865. The maximum atomic E-state index is 13.1. The van der Waals surface area contributed by atoms with Crippen molar-refractivity contribution < 1.29 is 9.59 Å². The van der Waals surface area contributed by atoms with Crippen molar-refractivity contribution in [2.45, 2.75) is 25.8 Å². The highest BCUT2D eigenvalue weighted by Gasteiger charge is 2.32. The van der Waals surface area contributed by atoms with E-state index >= 15 is 0 Å². The Hall–Kier alpha value is -2.66. The standard InChI is InChI=1S/C20H20ClN3O2/c1-2-6-16-20(26)24(12-18(22)25)17-10-9-14(21)11-15(17)19(23-16)13-7-4-3-5-8-13/h3-5,7-11,16H,2,6,12H2,1H3,(H2,22,25). The van der Waals surface area contributed by atoms with E-state index in [2.05, 4.69) is 0 Å². The lowest BCUT2D eigenvalue weighted by Crippen LogP contribution is -2.43. The Morgan fingerprint density at radius 1 is 1.23 bits per heavy atom. The van der Waals surface area contributed by atoms with Gasteiger partial charge in [0, 0.05) is 16.1 Å². The van der Waals surface area contributed by atoms with Gasteiger partial charge in [-0.15, -0.1) is 0 Å². The summed E-state index contributed by atoms with van der Waals surface area (Å²) in [5.41, 5.74) is 8.30. The van der Waals surface area contributed by atoms with Gasteiger partial charge in [0.15, 0.2) is 0 Å². The number of nitrogens with two attached hydrogens (primary N) is 1. The van der Waals surface area contributed by atoms with Crippen molar-refractivity contribution in [1.29, 1.82) is 0 Å². The second-order valence-corrected chi connectivity index (χ2v) is 6.64. The van der Waals surface area contributed by atoms with Crippen LogP contribution in [0.3, 0.4) is 0 Å². The fraction of sp³-hybridized carbons (Fsp3) is 0.250. The molecule has 0 saturated heterocycles. The summed E-state index contributed by atoms with van der Waals surface area (Å²) in [6.07, 6.45) is 1.38. The third kappa shape index (κ3) is 3.63. The van der Waals surface area contributed by atoms with E-state index in [0.717, 1.165) is 17.5 Å². The minimum atomic E-state index is -0.572. The van der Waals surface area contributed by atoms with E-state index in [1.807, 2.05) is 37.3 Å². The first-order chi connectivity index (χ1) is 12.5. The first-order valence-corrected chi connectivity index (χ1v) is 8.92. The van der Waals surface area contributed by atoms with Gasteiger partial charge in [0.1, 0.15) is 12.6 Å². The van der Waals surface area contributed by atoms with Gasteiger partial charge in [0.05, 0.1) is 11.4 Å². The molecule has 134 valence electrons. The van der Waals surface area contributed by atoms with Gasteiger partial charge >= 0.3 is 0 Å². The molecule has 6 heteroatoms. The van der Waals surface area contributed by atoms with Crippen LogP contribution >= 0.6 is 11.6 Å². The molecule has 1 aliphatic rings. The van der Waals surface area contributed by atoms with E-state index in [1.165, 1.54) is 4.90 Å².